The van der Waals surface area contributed by atoms with Crippen LogP contribution in [0.4, 0.5) is 5.69 Å². The molecule has 3 rings (SSSR count). The van der Waals surface area contributed by atoms with Crippen molar-refractivity contribution in [1.82, 2.24) is 9.99 Å². The van der Waals surface area contributed by atoms with Gasteiger partial charge >= 0.3 is 0 Å². The molecule has 9 nitrogen and oxygen atoms in total. The fraction of sp³-hybridized carbons (Fsp3) is 0.280. The van der Waals surface area contributed by atoms with Gasteiger partial charge in [-0.05, 0) is 51.1 Å². The van der Waals surface area contributed by atoms with Gasteiger partial charge in [0, 0.05) is 28.7 Å². The molecule has 186 valence electrons. The number of rotatable bonds is 9. The first kappa shape index (κ1) is 25.8. The van der Waals surface area contributed by atoms with Crippen LogP contribution in [0.15, 0.2) is 53.6 Å². The van der Waals surface area contributed by atoms with E-state index in [-0.39, 0.29) is 11.4 Å². The zero-order chi connectivity index (χ0) is 25.8. The number of nitrogens with one attached hydrogen (secondary N) is 1. The highest BCUT2D eigenvalue weighted by atomic mass is 32.2. The summed E-state index contributed by atoms with van der Waals surface area (Å²) in [4.78, 5) is 12.6. The van der Waals surface area contributed by atoms with Crippen molar-refractivity contribution >= 4 is 27.8 Å². The van der Waals surface area contributed by atoms with Crippen LogP contribution >= 0.6 is 0 Å². The first-order valence-electron chi connectivity index (χ1n) is 10.8. The number of carbonyl (C=O) groups is 1. The molecule has 0 unspecified atom stereocenters. The number of nitrogens with zero attached hydrogens (tertiary/aromatic N) is 3. The van der Waals surface area contributed by atoms with Gasteiger partial charge in [-0.3, -0.25) is 9.10 Å². The summed E-state index contributed by atoms with van der Waals surface area (Å²) in [5, 5.41) is 4.05. The molecule has 2 aromatic carbocycles. The van der Waals surface area contributed by atoms with E-state index in [0.717, 1.165) is 33.2 Å². The first-order valence-corrected chi connectivity index (χ1v) is 12.7. The Bertz CT molecular complexity index is 1340. The van der Waals surface area contributed by atoms with Gasteiger partial charge in [0.15, 0.2) is 0 Å². The average Bonchev–Trinajstić information content (AvgIpc) is 3.09. The molecule has 0 aliphatic heterocycles. The zero-order valence-electron chi connectivity index (χ0n) is 20.7. The van der Waals surface area contributed by atoms with Crippen LogP contribution in [0.2, 0.25) is 0 Å². The topological polar surface area (TPSA) is 102 Å². The third kappa shape index (κ3) is 6.02. The van der Waals surface area contributed by atoms with E-state index in [4.69, 9.17) is 9.47 Å². The Balaban J connectivity index is 1.79. The van der Waals surface area contributed by atoms with Crippen LogP contribution in [0.25, 0.3) is 5.69 Å². The second-order valence-corrected chi connectivity index (χ2v) is 10.0. The van der Waals surface area contributed by atoms with Gasteiger partial charge in [0.05, 0.1) is 32.4 Å². The molecule has 10 heteroatoms. The van der Waals surface area contributed by atoms with Gasteiger partial charge in [0.2, 0.25) is 10.0 Å². The summed E-state index contributed by atoms with van der Waals surface area (Å²) in [7, 11) is -0.923. The smallest absolute Gasteiger partial charge is 0.260 e. The van der Waals surface area contributed by atoms with Crippen molar-refractivity contribution in [2.75, 3.05) is 31.3 Å². The van der Waals surface area contributed by atoms with Gasteiger partial charge in [-0.2, -0.15) is 5.10 Å². The van der Waals surface area contributed by atoms with E-state index in [1.807, 2.05) is 51.1 Å². The van der Waals surface area contributed by atoms with Crippen LogP contribution in [-0.4, -0.2) is 52.1 Å². The molecule has 1 heterocycles. The van der Waals surface area contributed by atoms with Crippen molar-refractivity contribution < 1.29 is 22.7 Å². The molecule has 0 spiro atoms. The lowest BCUT2D eigenvalue weighted by atomic mass is 10.2. The molecule has 3 aromatic rings. The molecule has 0 atom stereocenters. The lowest BCUT2D eigenvalue weighted by molar-refractivity contribution is -0.119. The fourth-order valence-corrected chi connectivity index (χ4v) is 4.57. The molecular formula is C25H30N4O5S. The summed E-state index contributed by atoms with van der Waals surface area (Å²) in [6, 6.07) is 14.9. The Morgan fingerprint density at radius 3 is 2.34 bits per heavy atom. The van der Waals surface area contributed by atoms with Gasteiger partial charge in [-0.25, -0.2) is 13.8 Å². The summed E-state index contributed by atoms with van der Waals surface area (Å²) in [6.07, 6.45) is 2.56. The zero-order valence-corrected chi connectivity index (χ0v) is 21.5. The van der Waals surface area contributed by atoms with Crippen LogP contribution in [0, 0.1) is 20.8 Å². The van der Waals surface area contributed by atoms with Crippen LogP contribution in [0.1, 0.15) is 22.5 Å². The van der Waals surface area contributed by atoms with E-state index < -0.39 is 22.5 Å². The number of carbonyl (C=O) groups excluding carboxylic acids is 1. The number of aryl methyl sites for hydroxylation is 2. The third-order valence-corrected chi connectivity index (χ3v) is 6.62. The lowest BCUT2D eigenvalue weighted by Crippen LogP contribution is -2.39. The second kappa shape index (κ2) is 10.6. The second-order valence-electron chi connectivity index (χ2n) is 8.10. The maximum atomic E-state index is 12.6. The Morgan fingerprint density at radius 1 is 1.06 bits per heavy atom. The Kier molecular flexibility index (Phi) is 7.85. The SMILES string of the molecule is COc1ccc(OC)c(N(CC(=O)N/N=C\c2cc(C)n(-c3ccc(C)cc3)c2C)S(C)(=O)=O)c1. The number of hydrogen-bond acceptors (Lipinski definition) is 6. The standard InChI is InChI=1S/C25H30N4O5S/c1-17-7-9-21(10-8-17)29-18(2)13-20(19(29)3)15-26-27-25(30)16-28(35(6,31)32)23-14-22(33-4)11-12-24(23)34-5/h7-15H,16H2,1-6H3,(H,27,30)/b26-15-. The largest absolute Gasteiger partial charge is 0.497 e. The van der Waals surface area contributed by atoms with Gasteiger partial charge < -0.3 is 14.0 Å². The molecule has 35 heavy (non-hydrogen) atoms. The molecule has 0 aliphatic carbocycles. The maximum Gasteiger partial charge on any atom is 0.260 e. The molecule has 1 amide bonds. The fourth-order valence-electron chi connectivity index (χ4n) is 3.72. The van der Waals surface area contributed by atoms with E-state index in [1.165, 1.54) is 25.8 Å². The molecule has 0 bridgehead atoms. The van der Waals surface area contributed by atoms with Crippen molar-refractivity contribution in [3.05, 3.63) is 71.0 Å². The molecule has 0 saturated carbocycles. The number of ether oxygens (including phenoxy) is 2. The predicted molar refractivity (Wildman–Crippen MR) is 137 cm³/mol. The number of anilines is 1. The van der Waals surface area contributed by atoms with Gasteiger partial charge in [-0.1, -0.05) is 17.7 Å². The third-order valence-electron chi connectivity index (χ3n) is 5.50. The number of methoxy groups -OCH3 is 2. The molecular weight excluding hydrogens is 468 g/mol. The van der Waals surface area contributed by atoms with Crippen LogP contribution < -0.4 is 19.2 Å². The Morgan fingerprint density at radius 2 is 1.74 bits per heavy atom. The van der Waals surface area contributed by atoms with Crippen LogP contribution in [-0.2, 0) is 14.8 Å². The van der Waals surface area contributed by atoms with E-state index in [0.29, 0.717) is 5.75 Å². The highest BCUT2D eigenvalue weighted by molar-refractivity contribution is 7.92. The monoisotopic (exact) mass is 498 g/mol. The molecule has 1 aromatic heterocycles. The van der Waals surface area contributed by atoms with E-state index in [2.05, 4.69) is 15.1 Å². The van der Waals surface area contributed by atoms with Gasteiger partial charge in [0.1, 0.15) is 18.0 Å². The summed E-state index contributed by atoms with van der Waals surface area (Å²) in [5.74, 6) is 0.108. The molecule has 1 N–H and O–H groups in total. The quantitative estimate of drug-likeness (QED) is 0.360. The maximum absolute atomic E-state index is 12.6. The van der Waals surface area contributed by atoms with Crippen molar-refractivity contribution in [3.8, 4) is 17.2 Å². The normalized spacial score (nSPS) is 11.5. The number of hydrazone groups is 1. The molecule has 0 radical (unpaired) electrons. The molecule has 0 saturated heterocycles. The minimum absolute atomic E-state index is 0.190. The van der Waals surface area contributed by atoms with E-state index in [1.54, 1.807) is 18.3 Å². The minimum Gasteiger partial charge on any atom is -0.497 e. The molecule has 0 aliphatic rings. The summed E-state index contributed by atoms with van der Waals surface area (Å²) < 4.78 is 38.5. The summed E-state index contributed by atoms with van der Waals surface area (Å²) in [5.41, 5.74) is 7.63. The van der Waals surface area contributed by atoms with Crippen molar-refractivity contribution in [1.29, 1.82) is 0 Å². The van der Waals surface area contributed by atoms with E-state index in [9.17, 15) is 13.2 Å². The number of amides is 1. The van der Waals surface area contributed by atoms with Crippen molar-refractivity contribution in [3.63, 3.8) is 0 Å². The summed E-state index contributed by atoms with van der Waals surface area (Å²) in [6.45, 7) is 5.52. The first-order chi connectivity index (χ1) is 16.5. The van der Waals surface area contributed by atoms with Gasteiger partial charge in [0.25, 0.3) is 5.91 Å². The number of sulfonamides is 1. The molecule has 0 fully saturated rings. The Hall–Kier alpha value is -3.79. The van der Waals surface area contributed by atoms with E-state index >= 15 is 0 Å². The van der Waals surface area contributed by atoms with Crippen LogP contribution in [0.3, 0.4) is 0 Å². The van der Waals surface area contributed by atoms with Crippen LogP contribution in [0.5, 0.6) is 11.5 Å². The van der Waals surface area contributed by atoms with Gasteiger partial charge in [-0.15, -0.1) is 0 Å². The van der Waals surface area contributed by atoms with Crippen molar-refractivity contribution in [2.24, 2.45) is 5.10 Å². The minimum atomic E-state index is -3.81. The number of aromatic nitrogens is 1. The summed E-state index contributed by atoms with van der Waals surface area (Å²) >= 11 is 0. The number of benzene rings is 2. The Labute approximate surface area is 206 Å². The lowest BCUT2D eigenvalue weighted by Gasteiger charge is -2.23. The predicted octanol–water partition coefficient (Wildman–Crippen LogP) is 3.34. The highest BCUT2D eigenvalue weighted by Crippen LogP contribution is 2.33. The van der Waals surface area contributed by atoms with Crippen molar-refractivity contribution in [2.45, 2.75) is 20.8 Å². The average molecular weight is 499 g/mol. The highest BCUT2D eigenvalue weighted by Gasteiger charge is 2.24. The number of hydrogen-bond donors (Lipinski definition) is 1.